The maximum Gasteiger partial charge on any atom is 0.0223 e. The summed E-state index contributed by atoms with van der Waals surface area (Å²) < 4.78 is 2.27. The van der Waals surface area contributed by atoms with Gasteiger partial charge in [0.2, 0.25) is 0 Å². The van der Waals surface area contributed by atoms with Gasteiger partial charge in [0.15, 0.2) is 0 Å². The first-order chi connectivity index (χ1) is 7.68. The van der Waals surface area contributed by atoms with Crippen LogP contribution >= 0.6 is 0 Å². The highest BCUT2D eigenvalue weighted by Crippen LogP contribution is 2.28. The Bertz CT molecular complexity index is 348. The fraction of sp³-hybridized carbons (Fsp3) is 0.714. The molecule has 2 heteroatoms. The second kappa shape index (κ2) is 5.05. The standard InChI is InChI=1S/C14H24N2/c1-11-9-14(12(2)16(11)3)10-15-8-7-13-5-4-6-13/h9,13,15H,4-8,10H2,1-3H3. The molecule has 0 unspecified atom stereocenters. The van der Waals surface area contributed by atoms with Gasteiger partial charge >= 0.3 is 0 Å². The average molecular weight is 220 g/mol. The van der Waals surface area contributed by atoms with E-state index in [0.29, 0.717) is 0 Å². The van der Waals surface area contributed by atoms with E-state index in [2.05, 4.69) is 36.8 Å². The summed E-state index contributed by atoms with van der Waals surface area (Å²) in [5.74, 6) is 1.02. The minimum atomic E-state index is 1.02. The van der Waals surface area contributed by atoms with Crippen LogP contribution in [-0.4, -0.2) is 11.1 Å². The predicted octanol–water partition coefficient (Wildman–Crippen LogP) is 2.92. The first kappa shape index (κ1) is 11.7. The zero-order valence-electron chi connectivity index (χ0n) is 10.8. The summed E-state index contributed by atoms with van der Waals surface area (Å²) in [6, 6.07) is 2.30. The summed E-state index contributed by atoms with van der Waals surface area (Å²) >= 11 is 0. The molecule has 1 heterocycles. The van der Waals surface area contributed by atoms with Crippen LogP contribution in [0.5, 0.6) is 0 Å². The summed E-state index contributed by atoms with van der Waals surface area (Å²) in [5.41, 5.74) is 4.20. The lowest BCUT2D eigenvalue weighted by Gasteiger charge is -2.25. The van der Waals surface area contributed by atoms with Gasteiger partial charge in [0.1, 0.15) is 0 Å². The van der Waals surface area contributed by atoms with Crippen LogP contribution in [-0.2, 0) is 13.6 Å². The van der Waals surface area contributed by atoms with Gasteiger partial charge in [0, 0.05) is 25.0 Å². The molecule has 0 bridgehead atoms. The smallest absolute Gasteiger partial charge is 0.0223 e. The second-order valence-electron chi connectivity index (χ2n) is 5.22. The molecule has 1 aromatic rings. The van der Waals surface area contributed by atoms with E-state index in [1.54, 1.807) is 0 Å². The molecule has 90 valence electrons. The van der Waals surface area contributed by atoms with E-state index in [-0.39, 0.29) is 0 Å². The third-order valence-electron chi connectivity index (χ3n) is 4.15. The Balaban J connectivity index is 1.73. The van der Waals surface area contributed by atoms with E-state index >= 15 is 0 Å². The van der Waals surface area contributed by atoms with E-state index in [1.165, 1.54) is 49.2 Å². The SMILES string of the molecule is Cc1cc(CNCCC2CCC2)c(C)n1C. The number of hydrogen-bond acceptors (Lipinski definition) is 1. The van der Waals surface area contributed by atoms with Gasteiger partial charge in [-0.05, 0) is 44.4 Å². The van der Waals surface area contributed by atoms with Crippen LogP contribution in [0.2, 0.25) is 0 Å². The summed E-state index contributed by atoms with van der Waals surface area (Å²) in [6.07, 6.45) is 5.75. The highest BCUT2D eigenvalue weighted by molar-refractivity contribution is 5.26. The van der Waals surface area contributed by atoms with Crippen LogP contribution in [0.1, 0.15) is 42.6 Å². The Morgan fingerprint density at radius 3 is 2.62 bits per heavy atom. The highest BCUT2D eigenvalue weighted by atomic mass is 15.0. The molecule has 2 nitrogen and oxygen atoms in total. The lowest BCUT2D eigenvalue weighted by Crippen LogP contribution is -2.21. The van der Waals surface area contributed by atoms with Crippen LogP contribution in [0.15, 0.2) is 6.07 Å². The third-order valence-corrected chi connectivity index (χ3v) is 4.15. The van der Waals surface area contributed by atoms with Crippen LogP contribution in [0.4, 0.5) is 0 Å². The van der Waals surface area contributed by atoms with Crippen molar-refractivity contribution >= 4 is 0 Å². The summed E-state index contributed by atoms with van der Waals surface area (Å²) in [6.45, 7) is 6.58. The number of hydrogen-bond donors (Lipinski definition) is 1. The van der Waals surface area contributed by atoms with Crippen molar-refractivity contribution in [3.05, 3.63) is 23.0 Å². The molecular formula is C14H24N2. The number of aromatic nitrogens is 1. The molecule has 0 aromatic carbocycles. The fourth-order valence-corrected chi connectivity index (χ4v) is 2.42. The van der Waals surface area contributed by atoms with Gasteiger partial charge in [-0.3, -0.25) is 0 Å². The lowest BCUT2D eigenvalue weighted by atomic mass is 9.83. The van der Waals surface area contributed by atoms with Crippen molar-refractivity contribution in [2.45, 2.75) is 46.1 Å². The van der Waals surface area contributed by atoms with Crippen molar-refractivity contribution in [3.63, 3.8) is 0 Å². The molecule has 0 amide bonds. The summed E-state index contributed by atoms with van der Waals surface area (Å²) in [7, 11) is 2.14. The number of nitrogens with one attached hydrogen (secondary N) is 1. The Morgan fingerprint density at radius 1 is 1.38 bits per heavy atom. The van der Waals surface area contributed by atoms with Gasteiger partial charge in [0.05, 0.1) is 0 Å². The highest BCUT2D eigenvalue weighted by Gasteiger charge is 2.16. The van der Waals surface area contributed by atoms with Gasteiger partial charge in [-0.25, -0.2) is 0 Å². The molecule has 16 heavy (non-hydrogen) atoms. The second-order valence-corrected chi connectivity index (χ2v) is 5.22. The average Bonchev–Trinajstić information content (AvgIpc) is 2.43. The van der Waals surface area contributed by atoms with Crippen molar-refractivity contribution in [2.24, 2.45) is 13.0 Å². The molecule has 1 aliphatic carbocycles. The van der Waals surface area contributed by atoms with Crippen molar-refractivity contribution in [1.82, 2.24) is 9.88 Å². The first-order valence-electron chi connectivity index (χ1n) is 6.51. The summed E-state index contributed by atoms with van der Waals surface area (Å²) in [5, 5.41) is 3.57. The van der Waals surface area contributed by atoms with E-state index in [4.69, 9.17) is 0 Å². The van der Waals surface area contributed by atoms with E-state index in [9.17, 15) is 0 Å². The van der Waals surface area contributed by atoms with Crippen molar-refractivity contribution in [1.29, 1.82) is 0 Å². The Labute approximate surface area is 99.0 Å². The number of rotatable bonds is 5. The lowest BCUT2D eigenvalue weighted by molar-refractivity contribution is 0.292. The number of aryl methyl sites for hydroxylation is 1. The summed E-state index contributed by atoms with van der Waals surface area (Å²) in [4.78, 5) is 0. The van der Waals surface area contributed by atoms with Crippen LogP contribution in [0.25, 0.3) is 0 Å². The van der Waals surface area contributed by atoms with Gasteiger partial charge in [-0.2, -0.15) is 0 Å². The van der Waals surface area contributed by atoms with Crippen LogP contribution in [0.3, 0.4) is 0 Å². The van der Waals surface area contributed by atoms with Crippen molar-refractivity contribution in [3.8, 4) is 0 Å². The fourth-order valence-electron chi connectivity index (χ4n) is 2.42. The third kappa shape index (κ3) is 2.49. The van der Waals surface area contributed by atoms with Crippen LogP contribution in [0, 0.1) is 19.8 Å². The molecule has 0 saturated heterocycles. The molecule has 1 saturated carbocycles. The molecule has 2 rings (SSSR count). The molecule has 1 N–H and O–H groups in total. The van der Waals surface area contributed by atoms with Gasteiger partial charge < -0.3 is 9.88 Å². The first-order valence-corrected chi connectivity index (χ1v) is 6.51. The Morgan fingerprint density at radius 2 is 2.12 bits per heavy atom. The molecule has 1 aromatic heterocycles. The number of nitrogens with zero attached hydrogens (tertiary/aromatic N) is 1. The monoisotopic (exact) mass is 220 g/mol. The molecule has 0 atom stereocenters. The molecule has 0 aliphatic heterocycles. The normalized spacial score (nSPS) is 16.4. The van der Waals surface area contributed by atoms with Crippen molar-refractivity contribution < 1.29 is 0 Å². The Hall–Kier alpha value is -0.760. The van der Waals surface area contributed by atoms with Gasteiger partial charge in [0.25, 0.3) is 0 Å². The zero-order valence-corrected chi connectivity index (χ0v) is 10.8. The molecule has 0 spiro atoms. The minimum Gasteiger partial charge on any atom is -0.352 e. The topological polar surface area (TPSA) is 17.0 Å². The molecular weight excluding hydrogens is 196 g/mol. The predicted molar refractivity (Wildman–Crippen MR) is 68.6 cm³/mol. The zero-order chi connectivity index (χ0) is 11.5. The van der Waals surface area contributed by atoms with E-state index < -0.39 is 0 Å². The van der Waals surface area contributed by atoms with Gasteiger partial charge in [-0.15, -0.1) is 0 Å². The quantitative estimate of drug-likeness (QED) is 0.755. The molecule has 1 aliphatic rings. The van der Waals surface area contributed by atoms with Crippen LogP contribution < -0.4 is 5.32 Å². The minimum absolute atomic E-state index is 1.02. The molecule has 1 fully saturated rings. The van der Waals surface area contributed by atoms with Gasteiger partial charge in [-0.1, -0.05) is 19.3 Å². The van der Waals surface area contributed by atoms with E-state index in [1.807, 2.05) is 0 Å². The maximum atomic E-state index is 3.57. The van der Waals surface area contributed by atoms with Crippen molar-refractivity contribution in [2.75, 3.05) is 6.54 Å². The molecule has 0 radical (unpaired) electrons. The Kier molecular flexibility index (Phi) is 3.70. The van der Waals surface area contributed by atoms with E-state index in [0.717, 1.165) is 12.5 Å². The maximum absolute atomic E-state index is 3.57. The largest absolute Gasteiger partial charge is 0.352 e.